The summed E-state index contributed by atoms with van der Waals surface area (Å²) in [5, 5.41) is 17.2. The maximum atomic E-state index is 11.2. The number of carbonyl (C=O) groups is 1. The van der Waals surface area contributed by atoms with Gasteiger partial charge in [0.15, 0.2) is 0 Å². The van der Waals surface area contributed by atoms with Gasteiger partial charge in [-0.3, -0.25) is 4.79 Å². The third kappa shape index (κ3) is 1.52. The molecule has 0 fully saturated rings. The molecule has 0 aliphatic rings. The van der Waals surface area contributed by atoms with Crippen LogP contribution < -0.4 is 11.2 Å². The Morgan fingerprint density at radius 3 is 2.69 bits per heavy atom. The van der Waals surface area contributed by atoms with Gasteiger partial charge in [0.25, 0.3) is 0 Å². The Bertz CT molecular complexity index is 396. The SMILES string of the molecule is Nc1[nH]cc(C(=O)O)c(=O)c1CO. The first-order valence-corrected chi connectivity index (χ1v) is 3.42. The summed E-state index contributed by atoms with van der Waals surface area (Å²) in [5.41, 5.74) is 3.98. The third-order valence-electron chi connectivity index (χ3n) is 1.60. The van der Waals surface area contributed by atoms with Crippen LogP contribution in [0.1, 0.15) is 15.9 Å². The standard InChI is InChI=1S/C7H8N2O4/c8-6-4(2-10)5(11)3(1-9-6)7(12)13/h1,10H,2H2,(H,12,13)(H3,8,9,11). The molecule has 5 N–H and O–H groups in total. The Hall–Kier alpha value is -1.82. The largest absolute Gasteiger partial charge is 0.477 e. The molecule has 0 unspecified atom stereocenters. The molecule has 6 nitrogen and oxygen atoms in total. The molecule has 6 heteroatoms. The zero-order valence-electron chi connectivity index (χ0n) is 6.57. The van der Waals surface area contributed by atoms with Crippen LogP contribution in [0, 0.1) is 0 Å². The van der Waals surface area contributed by atoms with Crippen molar-refractivity contribution in [2.24, 2.45) is 0 Å². The number of carboxylic acids is 1. The van der Waals surface area contributed by atoms with E-state index in [1.54, 1.807) is 0 Å². The van der Waals surface area contributed by atoms with Gasteiger partial charge in [-0.15, -0.1) is 0 Å². The molecule has 0 aliphatic carbocycles. The highest BCUT2D eigenvalue weighted by atomic mass is 16.4. The normalized spacial score (nSPS) is 9.92. The summed E-state index contributed by atoms with van der Waals surface area (Å²) < 4.78 is 0. The predicted octanol–water partition coefficient (Wildman–Crippen LogP) is -0.852. The quantitative estimate of drug-likeness (QED) is 0.477. The van der Waals surface area contributed by atoms with Gasteiger partial charge in [0.1, 0.15) is 11.4 Å². The minimum atomic E-state index is -1.35. The van der Waals surface area contributed by atoms with Crippen LogP contribution >= 0.6 is 0 Å². The van der Waals surface area contributed by atoms with Gasteiger partial charge >= 0.3 is 5.97 Å². The van der Waals surface area contributed by atoms with Crippen molar-refractivity contribution in [1.29, 1.82) is 0 Å². The van der Waals surface area contributed by atoms with E-state index in [1.807, 2.05) is 0 Å². The van der Waals surface area contributed by atoms with Crippen molar-refractivity contribution in [3.05, 3.63) is 27.5 Å². The van der Waals surface area contributed by atoms with Gasteiger partial charge in [-0.25, -0.2) is 4.79 Å². The average Bonchev–Trinajstić information content (AvgIpc) is 2.04. The Balaban J connectivity index is 3.45. The zero-order chi connectivity index (χ0) is 10.0. The Labute approximate surface area is 72.6 Å². The molecular formula is C7H8N2O4. The molecule has 0 saturated carbocycles. The number of aliphatic hydroxyl groups is 1. The molecule has 13 heavy (non-hydrogen) atoms. The maximum Gasteiger partial charge on any atom is 0.341 e. The van der Waals surface area contributed by atoms with Gasteiger partial charge < -0.3 is 20.9 Å². The molecule has 70 valence electrons. The Kier molecular flexibility index (Phi) is 2.34. The number of nitrogens with one attached hydrogen (secondary N) is 1. The second kappa shape index (κ2) is 3.28. The second-order valence-corrected chi connectivity index (χ2v) is 2.39. The minimum Gasteiger partial charge on any atom is -0.477 e. The van der Waals surface area contributed by atoms with Gasteiger partial charge in [0.2, 0.25) is 5.43 Å². The summed E-state index contributed by atoms with van der Waals surface area (Å²) in [6, 6.07) is 0. The Morgan fingerprint density at radius 1 is 1.62 bits per heavy atom. The van der Waals surface area contributed by atoms with Crippen LogP contribution in [-0.2, 0) is 6.61 Å². The van der Waals surface area contributed by atoms with Crippen molar-refractivity contribution < 1.29 is 15.0 Å². The number of hydrogen-bond donors (Lipinski definition) is 4. The highest BCUT2D eigenvalue weighted by Crippen LogP contribution is 2.03. The van der Waals surface area contributed by atoms with E-state index >= 15 is 0 Å². The fraction of sp³-hybridized carbons (Fsp3) is 0.143. The number of anilines is 1. The molecule has 1 aromatic rings. The fourth-order valence-corrected chi connectivity index (χ4v) is 0.903. The van der Waals surface area contributed by atoms with Crippen molar-refractivity contribution in [3.8, 4) is 0 Å². The molecule has 0 spiro atoms. The van der Waals surface area contributed by atoms with Gasteiger partial charge in [-0.05, 0) is 0 Å². The summed E-state index contributed by atoms with van der Waals surface area (Å²) in [5.74, 6) is -1.37. The second-order valence-electron chi connectivity index (χ2n) is 2.39. The predicted molar refractivity (Wildman–Crippen MR) is 44.4 cm³/mol. The molecule has 0 saturated heterocycles. The number of aromatic nitrogens is 1. The van der Waals surface area contributed by atoms with Crippen LogP contribution in [0.2, 0.25) is 0 Å². The summed E-state index contributed by atoms with van der Waals surface area (Å²) >= 11 is 0. The summed E-state index contributed by atoms with van der Waals surface area (Å²) in [7, 11) is 0. The molecular weight excluding hydrogens is 176 g/mol. The molecule has 0 aliphatic heterocycles. The number of aromatic amines is 1. The third-order valence-corrected chi connectivity index (χ3v) is 1.60. The smallest absolute Gasteiger partial charge is 0.341 e. The first kappa shape index (κ1) is 9.27. The van der Waals surface area contributed by atoms with E-state index in [1.165, 1.54) is 0 Å². The van der Waals surface area contributed by atoms with E-state index in [2.05, 4.69) is 4.98 Å². The monoisotopic (exact) mass is 184 g/mol. The van der Waals surface area contributed by atoms with Crippen molar-refractivity contribution in [2.75, 3.05) is 5.73 Å². The fourth-order valence-electron chi connectivity index (χ4n) is 0.903. The highest BCUT2D eigenvalue weighted by molar-refractivity contribution is 5.87. The summed E-state index contributed by atoms with van der Waals surface area (Å²) in [6.45, 7) is -0.581. The highest BCUT2D eigenvalue weighted by Gasteiger charge is 2.13. The van der Waals surface area contributed by atoms with Crippen molar-refractivity contribution in [2.45, 2.75) is 6.61 Å². The molecule has 0 amide bonds. The van der Waals surface area contributed by atoms with E-state index in [9.17, 15) is 9.59 Å². The minimum absolute atomic E-state index is 0.0162. The number of pyridine rings is 1. The molecule has 0 aromatic carbocycles. The van der Waals surface area contributed by atoms with Crippen LogP contribution in [0.4, 0.5) is 5.82 Å². The molecule has 1 rings (SSSR count). The van der Waals surface area contributed by atoms with E-state index in [0.717, 1.165) is 6.20 Å². The molecule has 1 aromatic heterocycles. The number of nitrogen functional groups attached to an aromatic ring is 1. The number of H-pyrrole nitrogens is 1. The lowest BCUT2D eigenvalue weighted by Gasteiger charge is -2.01. The van der Waals surface area contributed by atoms with Crippen molar-refractivity contribution >= 4 is 11.8 Å². The number of aliphatic hydroxyl groups excluding tert-OH is 1. The van der Waals surface area contributed by atoms with Crippen LogP contribution in [0.5, 0.6) is 0 Å². The number of rotatable bonds is 2. The van der Waals surface area contributed by atoms with E-state index < -0.39 is 23.6 Å². The lowest BCUT2D eigenvalue weighted by Crippen LogP contribution is -2.21. The molecule has 0 atom stereocenters. The van der Waals surface area contributed by atoms with Crippen molar-refractivity contribution in [3.63, 3.8) is 0 Å². The van der Waals surface area contributed by atoms with E-state index in [4.69, 9.17) is 15.9 Å². The van der Waals surface area contributed by atoms with Crippen LogP contribution in [-0.4, -0.2) is 21.2 Å². The first-order valence-electron chi connectivity index (χ1n) is 3.42. The van der Waals surface area contributed by atoms with Crippen molar-refractivity contribution in [1.82, 2.24) is 4.98 Å². The number of nitrogens with two attached hydrogens (primary N) is 1. The van der Waals surface area contributed by atoms with Crippen LogP contribution in [0.15, 0.2) is 11.0 Å². The van der Waals surface area contributed by atoms with Gasteiger partial charge in [-0.2, -0.15) is 0 Å². The average molecular weight is 184 g/mol. The number of aromatic carboxylic acids is 1. The van der Waals surface area contributed by atoms with Crippen LogP contribution in [0.3, 0.4) is 0 Å². The first-order chi connectivity index (χ1) is 6.07. The number of hydrogen-bond acceptors (Lipinski definition) is 4. The molecule has 0 bridgehead atoms. The summed E-state index contributed by atoms with van der Waals surface area (Å²) in [4.78, 5) is 24.1. The van der Waals surface area contributed by atoms with Crippen LogP contribution in [0.25, 0.3) is 0 Å². The Morgan fingerprint density at radius 2 is 2.23 bits per heavy atom. The molecule has 1 heterocycles. The number of carboxylic acid groups (broad SMARTS) is 1. The van der Waals surface area contributed by atoms with Gasteiger partial charge in [-0.1, -0.05) is 0 Å². The molecule has 0 radical (unpaired) electrons. The topological polar surface area (TPSA) is 116 Å². The summed E-state index contributed by atoms with van der Waals surface area (Å²) in [6.07, 6.45) is 0.999. The lowest BCUT2D eigenvalue weighted by molar-refractivity contribution is 0.0695. The van der Waals surface area contributed by atoms with Gasteiger partial charge in [0, 0.05) is 6.20 Å². The van der Waals surface area contributed by atoms with E-state index in [-0.39, 0.29) is 11.4 Å². The van der Waals surface area contributed by atoms with E-state index in [0.29, 0.717) is 0 Å². The zero-order valence-corrected chi connectivity index (χ0v) is 6.57. The van der Waals surface area contributed by atoms with Gasteiger partial charge in [0.05, 0.1) is 12.2 Å². The maximum absolute atomic E-state index is 11.2. The lowest BCUT2D eigenvalue weighted by atomic mass is 10.2.